The van der Waals surface area contributed by atoms with E-state index in [4.69, 9.17) is 10.1 Å². The summed E-state index contributed by atoms with van der Waals surface area (Å²) in [4.78, 5) is 24.9. The number of hydrogen-bond donors (Lipinski definition) is 1. The van der Waals surface area contributed by atoms with E-state index in [2.05, 4.69) is 22.0 Å². The van der Waals surface area contributed by atoms with Gasteiger partial charge in [0.25, 0.3) is 5.91 Å². The maximum absolute atomic E-state index is 12.9. The van der Waals surface area contributed by atoms with Gasteiger partial charge in [-0.1, -0.05) is 42.5 Å². The van der Waals surface area contributed by atoms with Crippen LogP contribution in [-0.2, 0) is 26.1 Å². The highest BCUT2D eigenvalue weighted by molar-refractivity contribution is 5.93. The first-order chi connectivity index (χ1) is 15.1. The van der Waals surface area contributed by atoms with Crippen LogP contribution in [0.1, 0.15) is 33.1 Å². The molecule has 0 atom stereocenters. The van der Waals surface area contributed by atoms with Gasteiger partial charge in [0.1, 0.15) is 5.82 Å². The molecule has 0 radical (unpaired) electrons. The molecule has 4 aromatic rings. The summed E-state index contributed by atoms with van der Waals surface area (Å²) in [7, 11) is 3.56. The van der Waals surface area contributed by atoms with Crippen molar-refractivity contribution >= 4 is 16.9 Å². The van der Waals surface area contributed by atoms with E-state index in [1.54, 1.807) is 19.0 Å². The third-order valence-electron chi connectivity index (χ3n) is 5.81. The molecule has 0 saturated heterocycles. The van der Waals surface area contributed by atoms with Crippen molar-refractivity contribution in [2.24, 2.45) is 0 Å². The van der Waals surface area contributed by atoms with E-state index in [-0.39, 0.29) is 5.91 Å². The molecule has 0 fully saturated rings. The largest absolute Gasteiger partial charge is 0.343 e. The Hall–Kier alpha value is -3.45. The molecule has 158 valence electrons. The van der Waals surface area contributed by atoms with Gasteiger partial charge in [-0.3, -0.25) is 14.4 Å². The van der Waals surface area contributed by atoms with Gasteiger partial charge < -0.3 is 9.88 Å². The minimum Gasteiger partial charge on any atom is -0.343 e. The summed E-state index contributed by atoms with van der Waals surface area (Å²) in [6.45, 7) is 2.98. The second kappa shape index (κ2) is 8.00. The molecule has 0 bridgehead atoms. The Morgan fingerprint density at radius 2 is 1.84 bits per heavy atom. The van der Waals surface area contributed by atoms with Gasteiger partial charge in [-0.15, -0.1) is 0 Å². The zero-order valence-electron chi connectivity index (χ0n) is 17.9. The van der Waals surface area contributed by atoms with Crippen LogP contribution in [0.5, 0.6) is 0 Å². The first kappa shape index (κ1) is 19.5. The average molecular weight is 415 g/mol. The number of fused-ring (bicyclic) bond motifs is 2. The van der Waals surface area contributed by atoms with Crippen LogP contribution in [0.3, 0.4) is 0 Å². The molecule has 0 unspecified atom stereocenters. The molecule has 0 aliphatic carbocycles. The number of aromatic amines is 1. The number of imidazole rings is 1. The van der Waals surface area contributed by atoms with Crippen molar-refractivity contribution in [1.82, 2.24) is 29.5 Å². The van der Waals surface area contributed by atoms with Crippen molar-refractivity contribution in [3.63, 3.8) is 0 Å². The number of aromatic nitrogens is 4. The lowest BCUT2D eigenvalue weighted by Gasteiger charge is -2.27. The zero-order chi connectivity index (χ0) is 21.4. The first-order valence-electron chi connectivity index (χ1n) is 10.6. The highest BCUT2D eigenvalue weighted by atomic mass is 16.2. The summed E-state index contributed by atoms with van der Waals surface area (Å²) in [6.07, 6.45) is 0.857. The molecule has 5 rings (SSSR count). The highest BCUT2D eigenvalue weighted by Crippen LogP contribution is 2.25. The Morgan fingerprint density at radius 3 is 2.61 bits per heavy atom. The van der Waals surface area contributed by atoms with E-state index in [9.17, 15) is 4.79 Å². The van der Waals surface area contributed by atoms with Crippen LogP contribution in [0.2, 0.25) is 0 Å². The van der Waals surface area contributed by atoms with Crippen molar-refractivity contribution in [1.29, 1.82) is 0 Å². The molecule has 0 saturated carbocycles. The summed E-state index contributed by atoms with van der Waals surface area (Å²) in [6, 6.07) is 18.3. The lowest BCUT2D eigenvalue weighted by molar-refractivity contribution is 0.0818. The number of benzene rings is 2. The molecular formula is C24H26N6O. The molecule has 2 aromatic carbocycles. The molecule has 7 nitrogen and oxygen atoms in total. The molecule has 1 amide bonds. The van der Waals surface area contributed by atoms with Gasteiger partial charge in [0, 0.05) is 44.9 Å². The van der Waals surface area contributed by atoms with Crippen LogP contribution in [0, 0.1) is 0 Å². The van der Waals surface area contributed by atoms with Crippen molar-refractivity contribution in [3.8, 4) is 0 Å². The fraction of sp³-hybridized carbons (Fsp3) is 0.292. The van der Waals surface area contributed by atoms with Gasteiger partial charge in [-0.05, 0) is 17.7 Å². The molecule has 31 heavy (non-hydrogen) atoms. The number of H-pyrrole nitrogens is 1. The molecule has 1 aliphatic heterocycles. The van der Waals surface area contributed by atoms with Gasteiger partial charge in [-0.25, -0.2) is 4.98 Å². The minimum absolute atomic E-state index is 0.0475. The van der Waals surface area contributed by atoms with Gasteiger partial charge in [0.15, 0.2) is 5.69 Å². The molecule has 7 heteroatoms. The highest BCUT2D eigenvalue weighted by Gasteiger charge is 2.29. The molecule has 2 aromatic heterocycles. The monoisotopic (exact) mass is 414 g/mol. The number of nitrogens with zero attached hydrogens (tertiary/aromatic N) is 5. The van der Waals surface area contributed by atoms with Crippen molar-refractivity contribution in [3.05, 3.63) is 82.9 Å². The number of rotatable bonds is 5. The number of hydrogen-bond acceptors (Lipinski definition) is 4. The van der Waals surface area contributed by atoms with E-state index >= 15 is 0 Å². The summed E-state index contributed by atoms with van der Waals surface area (Å²) in [5.74, 6) is 0.899. The second-order valence-corrected chi connectivity index (χ2v) is 8.28. The predicted molar refractivity (Wildman–Crippen MR) is 120 cm³/mol. The number of nitrogens with one attached hydrogen (secondary N) is 1. The fourth-order valence-electron chi connectivity index (χ4n) is 4.24. The number of carbonyl (C=O) groups excluding carboxylic acids is 1. The zero-order valence-corrected chi connectivity index (χ0v) is 17.9. The van der Waals surface area contributed by atoms with Crippen LogP contribution >= 0.6 is 0 Å². The van der Waals surface area contributed by atoms with E-state index in [1.165, 1.54) is 5.56 Å². The summed E-state index contributed by atoms with van der Waals surface area (Å²) >= 11 is 0. The third-order valence-corrected chi connectivity index (χ3v) is 5.81. The third kappa shape index (κ3) is 3.84. The molecule has 1 N–H and O–H groups in total. The van der Waals surface area contributed by atoms with Crippen LogP contribution in [0.25, 0.3) is 11.0 Å². The maximum Gasteiger partial charge on any atom is 0.274 e. The first-order valence-corrected chi connectivity index (χ1v) is 10.6. The van der Waals surface area contributed by atoms with Crippen LogP contribution in [-0.4, -0.2) is 56.1 Å². The Bertz CT molecular complexity index is 1190. The maximum atomic E-state index is 12.9. The summed E-state index contributed by atoms with van der Waals surface area (Å²) in [5, 5.41) is 4.76. The van der Waals surface area contributed by atoms with E-state index in [0.717, 1.165) is 41.1 Å². The van der Waals surface area contributed by atoms with Crippen molar-refractivity contribution < 1.29 is 4.79 Å². The molecule has 3 heterocycles. The lowest BCUT2D eigenvalue weighted by atomic mass is 10.0. The second-order valence-electron chi connectivity index (χ2n) is 8.28. The van der Waals surface area contributed by atoms with E-state index < -0.39 is 0 Å². The van der Waals surface area contributed by atoms with Gasteiger partial charge in [-0.2, -0.15) is 5.10 Å². The van der Waals surface area contributed by atoms with Gasteiger partial charge >= 0.3 is 0 Å². The van der Waals surface area contributed by atoms with Crippen molar-refractivity contribution in [2.45, 2.75) is 26.1 Å². The normalized spacial score (nSPS) is 14.0. The number of carbonyl (C=O) groups is 1. The van der Waals surface area contributed by atoms with E-state index in [0.29, 0.717) is 25.3 Å². The van der Waals surface area contributed by atoms with Gasteiger partial charge in [0.05, 0.1) is 24.1 Å². The Kier molecular flexibility index (Phi) is 5.03. The van der Waals surface area contributed by atoms with Gasteiger partial charge in [0.2, 0.25) is 0 Å². The molecule has 0 spiro atoms. The minimum atomic E-state index is -0.0475. The quantitative estimate of drug-likeness (QED) is 0.545. The topological polar surface area (TPSA) is 70.1 Å². The standard InChI is InChI=1S/C24H26N6O/c1-28(2)24(31)23-18-15-29(16-22-25-19-10-6-7-11-20(19)26-22)13-12-21(18)30(27-23)14-17-8-4-3-5-9-17/h3-11H,12-16H2,1-2H3,(H,25,26). The number of amides is 1. The Balaban J connectivity index is 1.43. The number of para-hydroxylation sites is 2. The van der Waals surface area contributed by atoms with E-state index in [1.807, 2.05) is 47.1 Å². The average Bonchev–Trinajstić information content (AvgIpc) is 3.34. The fourth-order valence-corrected chi connectivity index (χ4v) is 4.24. The molecular weight excluding hydrogens is 388 g/mol. The van der Waals surface area contributed by atoms with Crippen LogP contribution in [0.15, 0.2) is 54.6 Å². The predicted octanol–water partition coefficient (Wildman–Crippen LogP) is 3.07. The SMILES string of the molecule is CN(C)C(=O)c1nn(Cc2ccccc2)c2c1CN(Cc1nc3ccccc3[nH]1)CC2. The Labute approximate surface area is 181 Å². The Morgan fingerprint density at radius 1 is 1.06 bits per heavy atom. The summed E-state index contributed by atoms with van der Waals surface area (Å²) in [5.41, 5.74) is 5.97. The van der Waals surface area contributed by atoms with Crippen LogP contribution < -0.4 is 0 Å². The smallest absolute Gasteiger partial charge is 0.274 e. The van der Waals surface area contributed by atoms with Crippen molar-refractivity contribution in [2.75, 3.05) is 20.6 Å². The van der Waals surface area contributed by atoms with Crippen LogP contribution in [0.4, 0.5) is 0 Å². The summed E-state index contributed by atoms with van der Waals surface area (Å²) < 4.78 is 2.01. The lowest BCUT2D eigenvalue weighted by Crippen LogP contribution is -2.32. The molecule has 1 aliphatic rings.